The summed E-state index contributed by atoms with van der Waals surface area (Å²) >= 11 is 1.77. The zero-order valence-corrected chi connectivity index (χ0v) is 11.3. The van der Waals surface area contributed by atoms with Crippen LogP contribution < -0.4 is 5.32 Å². The van der Waals surface area contributed by atoms with Gasteiger partial charge in [0.15, 0.2) is 0 Å². The van der Waals surface area contributed by atoms with Crippen molar-refractivity contribution in [3.05, 3.63) is 35.2 Å². The Kier molecular flexibility index (Phi) is 4.73. The van der Waals surface area contributed by atoms with E-state index >= 15 is 0 Å². The van der Waals surface area contributed by atoms with Crippen LogP contribution >= 0.6 is 11.3 Å². The van der Waals surface area contributed by atoms with E-state index in [1.54, 1.807) is 11.3 Å². The van der Waals surface area contributed by atoms with Crippen molar-refractivity contribution >= 4 is 27.4 Å². The second-order valence-corrected chi connectivity index (χ2v) is 4.90. The van der Waals surface area contributed by atoms with E-state index in [2.05, 4.69) is 35.0 Å². The van der Waals surface area contributed by atoms with E-state index in [0.717, 1.165) is 13.0 Å². The maximum absolute atomic E-state index is 11.1. The van der Waals surface area contributed by atoms with Gasteiger partial charge in [-0.2, -0.15) is 0 Å². The zero-order chi connectivity index (χ0) is 12.8. The fourth-order valence-corrected chi connectivity index (χ4v) is 2.85. The van der Waals surface area contributed by atoms with Crippen molar-refractivity contribution in [2.75, 3.05) is 19.7 Å². The minimum absolute atomic E-state index is 0.187. The Morgan fingerprint density at radius 2 is 2.22 bits per heavy atom. The third-order valence-corrected chi connectivity index (χ3v) is 3.72. The molecule has 0 atom stereocenters. The number of carbonyl (C=O) groups is 1. The lowest BCUT2D eigenvalue weighted by molar-refractivity contribution is -0.141. The van der Waals surface area contributed by atoms with Crippen molar-refractivity contribution in [1.82, 2.24) is 5.32 Å². The van der Waals surface area contributed by atoms with Crippen LogP contribution in [0, 0.1) is 0 Å². The van der Waals surface area contributed by atoms with Crippen molar-refractivity contribution in [1.29, 1.82) is 0 Å². The van der Waals surface area contributed by atoms with Crippen LogP contribution in [0.5, 0.6) is 0 Å². The van der Waals surface area contributed by atoms with Crippen LogP contribution in [0.4, 0.5) is 0 Å². The molecule has 0 radical (unpaired) electrons. The van der Waals surface area contributed by atoms with Gasteiger partial charge in [0.25, 0.3) is 0 Å². The summed E-state index contributed by atoms with van der Waals surface area (Å²) in [4.78, 5) is 11.1. The average molecular weight is 263 g/mol. The molecule has 96 valence electrons. The SMILES string of the molecule is CCOC(=O)CNCCc1csc2ccccc12. The highest BCUT2D eigenvalue weighted by atomic mass is 32.1. The molecule has 0 aliphatic heterocycles. The molecule has 2 rings (SSSR count). The first-order chi connectivity index (χ1) is 8.81. The van der Waals surface area contributed by atoms with E-state index in [-0.39, 0.29) is 12.5 Å². The number of hydrogen-bond acceptors (Lipinski definition) is 4. The number of fused-ring (bicyclic) bond motifs is 1. The quantitative estimate of drug-likeness (QED) is 0.643. The number of nitrogens with one attached hydrogen (secondary N) is 1. The molecule has 0 aliphatic carbocycles. The highest BCUT2D eigenvalue weighted by molar-refractivity contribution is 7.17. The Morgan fingerprint density at radius 3 is 3.06 bits per heavy atom. The van der Waals surface area contributed by atoms with Gasteiger partial charge in [-0.05, 0) is 42.3 Å². The lowest BCUT2D eigenvalue weighted by Crippen LogP contribution is -2.26. The van der Waals surface area contributed by atoms with Gasteiger partial charge >= 0.3 is 5.97 Å². The Labute approximate surface area is 111 Å². The molecule has 1 N–H and O–H groups in total. The molecular formula is C14H17NO2S. The molecule has 0 aliphatic rings. The van der Waals surface area contributed by atoms with Gasteiger partial charge in [-0.25, -0.2) is 0 Å². The van der Waals surface area contributed by atoms with Crippen LogP contribution in [-0.2, 0) is 16.0 Å². The van der Waals surface area contributed by atoms with Crippen molar-refractivity contribution < 1.29 is 9.53 Å². The summed E-state index contributed by atoms with van der Waals surface area (Å²) in [5.74, 6) is -0.187. The van der Waals surface area contributed by atoms with Crippen molar-refractivity contribution in [3.63, 3.8) is 0 Å². The molecule has 0 spiro atoms. The molecule has 2 aromatic rings. The van der Waals surface area contributed by atoms with E-state index in [9.17, 15) is 4.79 Å². The van der Waals surface area contributed by atoms with Gasteiger partial charge in [0.05, 0.1) is 13.2 Å². The molecule has 0 fully saturated rings. The Bertz CT molecular complexity index is 521. The number of ether oxygens (including phenoxy) is 1. The normalized spacial score (nSPS) is 10.7. The van der Waals surface area contributed by atoms with Crippen molar-refractivity contribution in [2.24, 2.45) is 0 Å². The van der Waals surface area contributed by atoms with Gasteiger partial charge in [0, 0.05) is 4.70 Å². The third kappa shape index (κ3) is 3.31. The number of benzene rings is 1. The Hall–Kier alpha value is -1.39. The molecule has 0 unspecified atom stereocenters. The smallest absolute Gasteiger partial charge is 0.319 e. The predicted molar refractivity (Wildman–Crippen MR) is 75.0 cm³/mol. The van der Waals surface area contributed by atoms with E-state index in [0.29, 0.717) is 6.61 Å². The van der Waals surface area contributed by atoms with Crippen molar-refractivity contribution in [3.8, 4) is 0 Å². The molecule has 0 saturated carbocycles. The zero-order valence-electron chi connectivity index (χ0n) is 10.4. The number of hydrogen-bond donors (Lipinski definition) is 1. The molecule has 0 amide bonds. The Morgan fingerprint density at radius 1 is 1.39 bits per heavy atom. The van der Waals surface area contributed by atoms with E-state index in [1.807, 2.05) is 6.92 Å². The molecule has 3 nitrogen and oxygen atoms in total. The largest absolute Gasteiger partial charge is 0.465 e. The summed E-state index contributed by atoms with van der Waals surface area (Å²) in [7, 11) is 0. The van der Waals surface area contributed by atoms with Crippen LogP contribution in [-0.4, -0.2) is 25.7 Å². The molecule has 1 heterocycles. The molecule has 18 heavy (non-hydrogen) atoms. The molecule has 4 heteroatoms. The van der Waals surface area contributed by atoms with E-state index in [4.69, 9.17) is 4.74 Å². The summed E-state index contributed by atoms with van der Waals surface area (Å²) in [6.45, 7) is 3.33. The standard InChI is InChI=1S/C14H17NO2S/c1-2-17-14(16)9-15-8-7-11-10-18-13-6-4-3-5-12(11)13/h3-6,10,15H,2,7-9H2,1H3. The number of rotatable bonds is 6. The fourth-order valence-electron chi connectivity index (χ4n) is 1.85. The van der Waals surface area contributed by atoms with Crippen LogP contribution in [0.3, 0.4) is 0 Å². The molecule has 1 aromatic carbocycles. The van der Waals surface area contributed by atoms with Crippen LogP contribution in [0.15, 0.2) is 29.6 Å². The summed E-state index contributed by atoms with van der Waals surface area (Å²) in [5.41, 5.74) is 1.34. The van der Waals surface area contributed by atoms with Crippen LogP contribution in [0.1, 0.15) is 12.5 Å². The second-order valence-electron chi connectivity index (χ2n) is 3.99. The summed E-state index contributed by atoms with van der Waals surface area (Å²) < 4.78 is 6.17. The summed E-state index contributed by atoms with van der Waals surface area (Å²) in [6.07, 6.45) is 0.934. The topological polar surface area (TPSA) is 38.3 Å². The van der Waals surface area contributed by atoms with Gasteiger partial charge in [0.1, 0.15) is 0 Å². The van der Waals surface area contributed by atoms with Gasteiger partial charge in [0.2, 0.25) is 0 Å². The minimum atomic E-state index is -0.187. The highest BCUT2D eigenvalue weighted by Gasteiger charge is 2.04. The van der Waals surface area contributed by atoms with Gasteiger partial charge < -0.3 is 10.1 Å². The molecule has 1 aromatic heterocycles. The van der Waals surface area contributed by atoms with Crippen molar-refractivity contribution in [2.45, 2.75) is 13.3 Å². The van der Waals surface area contributed by atoms with E-state index < -0.39 is 0 Å². The number of thiophene rings is 1. The first-order valence-corrected chi connectivity index (χ1v) is 7.00. The summed E-state index contributed by atoms with van der Waals surface area (Å²) in [5, 5.41) is 6.61. The molecule has 0 saturated heterocycles. The number of esters is 1. The third-order valence-electron chi connectivity index (χ3n) is 2.71. The highest BCUT2D eigenvalue weighted by Crippen LogP contribution is 2.25. The summed E-state index contributed by atoms with van der Waals surface area (Å²) in [6, 6.07) is 8.40. The Balaban J connectivity index is 1.82. The predicted octanol–water partition coefficient (Wildman–Crippen LogP) is 2.60. The van der Waals surface area contributed by atoms with Crippen LogP contribution in [0.25, 0.3) is 10.1 Å². The number of carbonyl (C=O) groups excluding carboxylic acids is 1. The minimum Gasteiger partial charge on any atom is -0.465 e. The monoisotopic (exact) mass is 263 g/mol. The maximum atomic E-state index is 11.1. The second kappa shape index (κ2) is 6.52. The fraction of sp³-hybridized carbons (Fsp3) is 0.357. The maximum Gasteiger partial charge on any atom is 0.319 e. The van der Waals surface area contributed by atoms with Gasteiger partial charge in [-0.15, -0.1) is 11.3 Å². The van der Waals surface area contributed by atoms with E-state index in [1.165, 1.54) is 15.6 Å². The lowest BCUT2D eigenvalue weighted by Gasteiger charge is -2.04. The lowest BCUT2D eigenvalue weighted by atomic mass is 10.1. The first kappa shape index (κ1) is 13.1. The van der Waals surface area contributed by atoms with Gasteiger partial charge in [-0.1, -0.05) is 18.2 Å². The molecular weight excluding hydrogens is 246 g/mol. The average Bonchev–Trinajstić information content (AvgIpc) is 2.78. The molecule has 0 bridgehead atoms. The van der Waals surface area contributed by atoms with Gasteiger partial charge in [-0.3, -0.25) is 4.79 Å². The van der Waals surface area contributed by atoms with Crippen LogP contribution in [0.2, 0.25) is 0 Å². The first-order valence-electron chi connectivity index (χ1n) is 6.12.